The maximum absolute atomic E-state index is 3.60. The van der Waals surface area contributed by atoms with E-state index in [0.29, 0.717) is 0 Å². The zero-order valence-corrected chi connectivity index (χ0v) is 7.71. The van der Waals surface area contributed by atoms with E-state index in [4.69, 9.17) is 0 Å². The first-order chi connectivity index (χ1) is 1.91. The second-order valence-electron chi connectivity index (χ2n) is 0.854. The van der Waals surface area contributed by atoms with E-state index in [1.165, 1.54) is 6.42 Å². The number of hydrogen-bond donors (Lipinski definition) is 0. The normalized spacial score (nSPS) is 4.29. The van der Waals surface area contributed by atoms with Crippen molar-refractivity contribution in [2.75, 3.05) is 0 Å². The van der Waals surface area contributed by atoms with Crippen LogP contribution < -0.4 is 17.0 Å². The second kappa shape index (κ2) is 27.0. The first kappa shape index (κ1) is 24.1. The molecule has 0 aromatic carbocycles. The molecule has 0 spiro atoms. The Kier molecular flexibility index (Phi) is 92.9. The standard InChI is InChI=1S/C4H9.BrH.Mg.H2O/c1-3-4-2;;;/h1,3-4H2,2H3;1H;;1H2/q-1;;+2;/p-1. The van der Waals surface area contributed by atoms with E-state index in [1.807, 2.05) is 0 Å². The van der Waals surface area contributed by atoms with Crippen LogP contribution >= 0.6 is 0 Å². The van der Waals surface area contributed by atoms with Crippen LogP contribution in [0.2, 0.25) is 0 Å². The van der Waals surface area contributed by atoms with Gasteiger partial charge in [0, 0.05) is 0 Å². The molecule has 1 nitrogen and oxygen atoms in total. The molecule has 0 saturated carbocycles. The zero-order chi connectivity index (χ0) is 3.41. The summed E-state index contributed by atoms with van der Waals surface area (Å²) in [6.07, 6.45) is 2.28. The molecule has 0 aliphatic rings. The number of hydrogen-bond acceptors (Lipinski definition) is 0. The van der Waals surface area contributed by atoms with E-state index >= 15 is 0 Å². The van der Waals surface area contributed by atoms with Gasteiger partial charge in [-0.1, -0.05) is 13.3 Å². The van der Waals surface area contributed by atoms with Crippen molar-refractivity contribution in [3.05, 3.63) is 6.92 Å². The number of rotatable bonds is 1. The van der Waals surface area contributed by atoms with Crippen molar-refractivity contribution in [1.82, 2.24) is 0 Å². The van der Waals surface area contributed by atoms with Gasteiger partial charge in [-0.05, 0) is 0 Å². The van der Waals surface area contributed by atoms with Gasteiger partial charge in [-0.3, -0.25) is 0 Å². The summed E-state index contributed by atoms with van der Waals surface area (Å²) in [5.41, 5.74) is 0. The molecule has 0 aliphatic carbocycles. The first-order valence-electron chi connectivity index (χ1n) is 1.71. The molecule has 0 saturated heterocycles. The van der Waals surface area contributed by atoms with Crippen LogP contribution in [0.4, 0.5) is 0 Å². The third-order valence-electron chi connectivity index (χ3n) is 0.354. The SMILES string of the molecule is O.[Br-].[CH2-]CCC.[Mg+2]. The minimum absolute atomic E-state index is 0. The smallest absolute Gasteiger partial charge is 1.00 e. The molecule has 0 fully saturated rings. The molecule has 0 amide bonds. The zero-order valence-electron chi connectivity index (χ0n) is 4.71. The first-order valence-corrected chi connectivity index (χ1v) is 1.71. The van der Waals surface area contributed by atoms with Crippen molar-refractivity contribution >= 4 is 23.1 Å². The Balaban J connectivity index is -0.0000000150. The van der Waals surface area contributed by atoms with Crippen LogP contribution in [0.3, 0.4) is 0 Å². The van der Waals surface area contributed by atoms with Crippen molar-refractivity contribution in [3.63, 3.8) is 0 Å². The molecular weight excluding hydrogens is 168 g/mol. The van der Waals surface area contributed by atoms with Crippen LogP contribution in [0, 0.1) is 6.92 Å². The third kappa shape index (κ3) is 40.1. The minimum atomic E-state index is 0. The minimum Gasteiger partial charge on any atom is -1.00 e. The Labute approximate surface area is 72.1 Å². The molecule has 0 aromatic heterocycles. The predicted octanol–water partition coefficient (Wildman–Crippen LogP) is -2.58. The van der Waals surface area contributed by atoms with E-state index in [0.717, 1.165) is 6.42 Å². The van der Waals surface area contributed by atoms with Gasteiger partial charge >= 0.3 is 23.1 Å². The molecule has 3 heteroatoms. The number of halogens is 1. The Morgan fingerprint density at radius 2 is 1.57 bits per heavy atom. The average molecular weight is 179 g/mol. The Morgan fingerprint density at radius 1 is 1.43 bits per heavy atom. The molecular formula is C4H11BrMgO. The fraction of sp³-hybridized carbons (Fsp3) is 0.750. The van der Waals surface area contributed by atoms with E-state index in [9.17, 15) is 0 Å². The van der Waals surface area contributed by atoms with E-state index in [-0.39, 0.29) is 45.5 Å². The van der Waals surface area contributed by atoms with Gasteiger partial charge in [-0.25, -0.2) is 0 Å². The summed E-state index contributed by atoms with van der Waals surface area (Å²) in [5.74, 6) is 0. The van der Waals surface area contributed by atoms with Crippen LogP contribution in [0.25, 0.3) is 0 Å². The quantitative estimate of drug-likeness (QED) is 0.313. The molecule has 0 radical (unpaired) electrons. The van der Waals surface area contributed by atoms with Crippen molar-refractivity contribution in [2.45, 2.75) is 19.8 Å². The molecule has 0 atom stereocenters. The van der Waals surface area contributed by atoms with Crippen LogP contribution in [-0.2, 0) is 0 Å². The molecule has 42 valence electrons. The summed E-state index contributed by atoms with van der Waals surface area (Å²) >= 11 is 0. The Morgan fingerprint density at radius 3 is 1.57 bits per heavy atom. The van der Waals surface area contributed by atoms with Crippen molar-refractivity contribution < 1.29 is 22.5 Å². The van der Waals surface area contributed by atoms with E-state index in [2.05, 4.69) is 13.8 Å². The molecule has 2 N–H and O–H groups in total. The second-order valence-corrected chi connectivity index (χ2v) is 0.854. The fourth-order valence-electron chi connectivity index (χ4n) is 0. The largest absolute Gasteiger partial charge is 2.00 e. The van der Waals surface area contributed by atoms with Crippen molar-refractivity contribution in [2.24, 2.45) is 0 Å². The van der Waals surface area contributed by atoms with Gasteiger partial charge in [0.1, 0.15) is 0 Å². The van der Waals surface area contributed by atoms with Crippen LogP contribution in [-0.4, -0.2) is 28.5 Å². The number of unbranched alkanes of at least 4 members (excludes halogenated alkanes) is 1. The average Bonchev–Trinajstić information content (AvgIpc) is 1.37. The van der Waals surface area contributed by atoms with Gasteiger partial charge in [0.15, 0.2) is 0 Å². The van der Waals surface area contributed by atoms with Gasteiger partial charge in [0.25, 0.3) is 0 Å². The van der Waals surface area contributed by atoms with Gasteiger partial charge in [0.05, 0.1) is 0 Å². The third-order valence-corrected chi connectivity index (χ3v) is 0.354. The summed E-state index contributed by atoms with van der Waals surface area (Å²) in [6, 6.07) is 0. The summed E-state index contributed by atoms with van der Waals surface area (Å²) in [6.45, 7) is 5.72. The van der Waals surface area contributed by atoms with E-state index in [1.54, 1.807) is 0 Å². The summed E-state index contributed by atoms with van der Waals surface area (Å²) in [5, 5.41) is 0. The van der Waals surface area contributed by atoms with Crippen molar-refractivity contribution in [3.8, 4) is 0 Å². The topological polar surface area (TPSA) is 31.5 Å². The summed E-state index contributed by atoms with van der Waals surface area (Å²) in [7, 11) is 0. The fourth-order valence-corrected chi connectivity index (χ4v) is 0. The Bertz CT molecular complexity index is 13.7. The summed E-state index contributed by atoms with van der Waals surface area (Å²) < 4.78 is 0. The van der Waals surface area contributed by atoms with Crippen LogP contribution in [0.5, 0.6) is 0 Å². The molecule has 0 aromatic rings. The van der Waals surface area contributed by atoms with Gasteiger partial charge < -0.3 is 29.4 Å². The van der Waals surface area contributed by atoms with Crippen LogP contribution in [0.1, 0.15) is 19.8 Å². The predicted molar refractivity (Wildman–Crippen MR) is 29.6 cm³/mol. The molecule has 7 heavy (non-hydrogen) atoms. The molecule has 0 rings (SSSR count). The molecule has 0 aliphatic heterocycles. The molecule has 0 heterocycles. The Hall–Kier alpha value is 1.21. The molecule has 0 bridgehead atoms. The van der Waals surface area contributed by atoms with Gasteiger partial charge in [-0.2, -0.15) is 6.42 Å². The maximum Gasteiger partial charge on any atom is 2.00 e. The van der Waals surface area contributed by atoms with Gasteiger partial charge in [0.2, 0.25) is 0 Å². The van der Waals surface area contributed by atoms with Crippen molar-refractivity contribution in [1.29, 1.82) is 0 Å². The van der Waals surface area contributed by atoms with Gasteiger partial charge in [-0.15, -0.1) is 0 Å². The van der Waals surface area contributed by atoms with E-state index < -0.39 is 0 Å². The molecule has 0 unspecified atom stereocenters. The van der Waals surface area contributed by atoms with Crippen LogP contribution in [0.15, 0.2) is 0 Å². The monoisotopic (exact) mass is 178 g/mol. The summed E-state index contributed by atoms with van der Waals surface area (Å²) in [4.78, 5) is 0. The maximum atomic E-state index is 3.60.